The monoisotopic (exact) mass is 396 g/mol. The lowest BCUT2D eigenvalue weighted by atomic mass is 9.91. The number of nitrogens with one attached hydrogen (secondary N) is 1. The molecule has 1 aliphatic rings. The van der Waals surface area contributed by atoms with Crippen LogP contribution in [0.15, 0.2) is 47.2 Å². The molecular formula is C21H21FN4O3. The van der Waals surface area contributed by atoms with Gasteiger partial charge in [-0.15, -0.1) is 0 Å². The van der Waals surface area contributed by atoms with Crippen LogP contribution in [0, 0.1) is 5.82 Å². The van der Waals surface area contributed by atoms with Crippen molar-refractivity contribution < 1.29 is 18.5 Å². The highest BCUT2D eigenvalue weighted by atomic mass is 19.1. The molecule has 0 bridgehead atoms. The molecule has 0 aliphatic carbocycles. The average Bonchev–Trinajstić information content (AvgIpc) is 3.16. The maximum atomic E-state index is 13.3. The van der Waals surface area contributed by atoms with E-state index < -0.39 is 0 Å². The van der Waals surface area contributed by atoms with E-state index in [0.717, 1.165) is 23.9 Å². The molecule has 29 heavy (non-hydrogen) atoms. The predicted molar refractivity (Wildman–Crippen MR) is 105 cm³/mol. The number of benzene rings is 1. The molecule has 3 heterocycles. The van der Waals surface area contributed by atoms with E-state index in [0.29, 0.717) is 24.4 Å². The first-order valence-electron chi connectivity index (χ1n) is 9.62. The van der Waals surface area contributed by atoms with Crippen molar-refractivity contribution in [2.45, 2.75) is 31.6 Å². The number of nitrogens with zero attached hydrogens (tertiary/aromatic N) is 3. The van der Waals surface area contributed by atoms with Gasteiger partial charge < -0.3 is 14.7 Å². The number of likely N-dealkylation sites (tertiary alicyclic amines) is 1. The molecule has 1 saturated heterocycles. The number of hydrogen-bond acceptors (Lipinski definition) is 5. The number of rotatable bonds is 5. The number of carbonyl (C=O) groups is 2. The molecular weight excluding hydrogens is 375 g/mol. The Morgan fingerprint density at radius 3 is 2.66 bits per heavy atom. The minimum atomic E-state index is -0.353. The molecule has 150 valence electrons. The first kappa shape index (κ1) is 19.0. The molecule has 0 unspecified atom stereocenters. The van der Waals surface area contributed by atoms with Gasteiger partial charge in [0, 0.05) is 61.4 Å². The van der Waals surface area contributed by atoms with Crippen LogP contribution in [0.25, 0.3) is 11.0 Å². The summed E-state index contributed by atoms with van der Waals surface area (Å²) >= 11 is 0. The second-order valence-electron chi connectivity index (χ2n) is 7.15. The molecule has 1 aromatic carbocycles. The van der Waals surface area contributed by atoms with E-state index in [-0.39, 0.29) is 36.4 Å². The van der Waals surface area contributed by atoms with Crippen molar-refractivity contribution in [3.05, 3.63) is 54.2 Å². The summed E-state index contributed by atoms with van der Waals surface area (Å²) in [6.45, 7) is 1.20. The summed E-state index contributed by atoms with van der Waals surface area (Å²) in [5.74, 6) is -0.407. The lowest BCUT2D eigenvalue weighted by molar-refractivity contribution is -0.133. The Hall–Kier alpha value is -3.29. The number of pyridine rings is 1. The van der Waals surface area contributed by atoms with Gasteiger partial charge in [-0.3, -0.25) is 14.6 Å². The van der Waals surface area contributed by atoms with Gasteiger partial charge in [0.25, 0.3) is 0 Å². The molecule has 0 saturated carbocycles. The molecule has 0 spiro atoms. The van der Waals surface area contributed by atoms with E-state index in [2.05, 4.69) is 15.5 Å². The zero-order chi connectivity index (χ0) is 20.2. The third kappa shape index (κ3) is 4.42. The lowest BCUT2D eigenvalue weighted by Crippen LogP contribution is -2.38. The highest BCUT2D eigenvalue weighted by molar-refractivity contribution is 5.93. The van der Waals surface area contributed by atoms with Gasteiger partial charge in [0.05, 0.1) is 5.69 Å². The number of fused-ring (bicyclic) bond motifs is 1. The van der Waals surface area contributed by atoms with Crippen molar-refractivity contribution in [1.29, 1.82) is 0 Å². The summed E-state index contributed by atoms with van der Waals surface area (Å²) < 4.78 is 18.6. The molecule has 7 nitrogen and oxygen atoms in total. The Labute approximate surface area is 166 Å². The van der Waals surface area contributed by atoms with Crippen molar-refractivity contribution >= 4 is 28.5 Å². The van der Waals surface area contributed by atoms with Crippen molar-refractivity contribution in [2.24, 2.45) is 0 Å². The number of amides is 2. The van der Waals surface area contributed by atoms with E-state index in [1.807, 2.05) is 0 Å². The van der Waals surface area contributed by atoms with Gasteiger partial charge in [-0.2, -0.15) is 0 Å². The fraction of sp³-hybridized carbons (Fsp3) is 0.333. The summed E-state index contributed by atoms with van der Waals surface area (Å²) in [5.41, 5.74) is 1.93. The van der Waals surface area contributed by atoms with Crippen LogP contribution in [0.3, 0.4) is 0 Å². The molecule has 0 atom stereocenters. The quantitative estimate of drug-likeness (QED) is 0.713. The van der Waals surface area contributed by atoms with E-state index in [1.165, 1.54) is 12.1 Å². The summed E-state index contributed by atoms with van der Waals surface area (Å²) in [5, 5.41) is 7.70. The number of hydrogen-bond donors (Lipinski definition) is 1. The predicted octanol–water partition coefficient (Wildman–Crippen LogP) is 3.49. The van der Waals surface area contributed by atoms with Gasteiger partial charge in [0.2, 0.25) is 11.8 Å². The maximum Gasteiger partial charge on any atom is 0.224 e. The largest absolute Gasteiger partial charge is 0.356 e. The summed E-state index contributed by atoms with van der Waals surface area (Å²) in [4.78, 5) is 30.1. The maximum absolute atomic E-state index is 13.3. The standard InChI is InChI=1S/C21H21FN4O3/c22-15-1-2-17-18(13-15)29-25-21(17)14-7-11-26(12-8-14)20(28)4-3-19(27)24-16-5-9-23-10-6-16/h1-2,5-6,9-10,13-14H,3-4,7-8,11-12H2,(H,23,24,27). The molecule has 2 amide bonds. The van der Waals surface area contributed by atoms with Crippen LogP contribution in [0.2, 0.25) is 0 Å². The van der Waals surface area contributed by atoms with Crippen molar-refractivity contribution in [3.8, 4) is 0 Å². The zero-order valence-corrected chi connectivity index (χ0v) is 15.8. The Morgan fingerprint density at radius 2 is 1.90 bits per heavy atom. The first-order valence-corrected chi connectivity index (χ1v) is 9.62. The van der Waals surface area contributed by atoms with Gasteiger partial charge in [0.15, 0.2) is 5.58 Å². The molecule has 1 aliphatic heterocycles. The van der Waals surface area contributed by atoms with Crippen LogP contribution in [0.5, 0.6) is 0 Å². The van der Waals surface area contributed by atoms with E-state index >= 15 is 0 Å². The van der Waals surface area contributed by atoms with Gasteiger partial charge in [-0.1, -0.05) is 5.16 Å². The Kier molecular flexibility index (Phi) is 5.50. The number of aromatic nitrogens is 2. The highest BCUT2D eigenvalue weighted by Crippen LogP contribution is 2.32. The summed E-state index contributed by atoms with van der Waals surface area (Å²) in [6, 6.07) is 7.83. The second kappa shape index (κ2) is 8.38. The van der Waals surface area contributed by atoms with Crippen LogP contribution >= 0.6 is 0 Å². The van der Waals surface area contributed by atoms with Crippen LogP contribution in [0.1, 0.15) is 37.3 Å². The van der Waals surface area contributed by atoms with Gasteiger partial charge >= 0.3 is 0 Å². The average molecular weight is 396 g/mol. The molecule has 1 fully saturated rings. The normalized spacial score (nSPS) is 14.9. The van der Waals surface area contributed by atoms with Gasteiger partial charge in [-0.25, -0.2) is 4.39 Å². The third-order valence-electron chi connectivity index (χ3n) is 5.23. The molecule has 3 aromatic rings. The van der Waals surface area contributed by atoms with Crippen molar-refractivity contribution in [3.63, 3.8) is 0 Å². The number of carbonyl (C=O) groups excluding carboxylic acids is 2. The molecule has 8 heteroatoms. The van der Waals surface area contributed by atoms with Gasteiger partial charge in [-0.05, 0) is 37.1 Å². The molecule has 0 radical (unpaired) electrons. The fourth-order valence-corrected chi connectivity index (χ4v) is 3.66. The molecule has 1 N–H and O–H groups in total. The second-order valence-corrected chi connectivity index (χ2v) is 7.15. The summed E-state index contributed by atoms with van der Waals surface area (Å²) in [7, 11) is 0. The highest BCUT2D eigenvalue weighted by Gasteiger charge is 2.27. The number of halogens is 1. The van der Waals surface area contributed by atoms with Crippen LogP contribution in [-0.2, 0) is 9.59 Å². The van der Waals surface area contributed by atoms with Crippen molar-refractivity contribution in [2.75, 3.05) is 18.4 Å². The van der Waals surface area contributed by atoms with E-state index in [4.69, 9.17) is 4.52 Å². The number of anilines is 1. The van der Waals surface area contributed by atoms with Crippen LogP contribution in [0.4, 0.5) is 10.1 Å². The Morgan fingerprint density at radius 1 is 1.14 bits per heavy atom. The van der Waals surface area contributed by atoms with E-state index in [1.54, 1.807) is 35.5 Å². The first-order chi connectivity index (χ1) is 14.1. The Balaban J connectivity index is 1.27. The molecule has 2 aromatic heterocycles. The zero-order valence-electron chi connectivity index (χ0n) is 15.8. The SMILES string of the molecule is O=C(CCC(=O)N1CCC(c2noc3cc(F)ccc23)CC1)Nc1ccncc1. The third-order valence-corrected chi connectivity index (χ3v) is 5.23. The van der Waals surface area contributed by atoms with Crippen molar-refractivity contribution in [1.82, 2.24) is 15.0 Å². The fourth-order valence-electron chi connectivity index (χ4n) is 3.66. The smallest absolute Gasteiger partial charge is 0.224 e. The summed E-state index contributed by atoms with van der Waals surface area (Å²) in [6.07, 6.45) is 5.02. The molecule has 4 rings (SSSR count). The van der Waals surface area contributed by atoms with E-state index in [9.17, 15) is 14.0 Å². The minimum Gasteiger partial charge on any atom is -0.356 e. The number of piperidine rings is 1. The lowest BCUT2D eigenvalue weighted by Gasteiger charge is -2.31. The minimum absolute atomic E-state index is 0.0274. The van der Waals surface area contributed by atoms with Crippen LogP contribution < -0.4 is 5.32 Å². The Bertz CT molecular complexity index is 1010. The topological polar surface area (TPSA) is 88.3 Å². The van der Waals surface area contributed by atoms with Gasteiger partial charge in [0.1, 0.15) is 5.82 Å². The van der Waals surface area contributed by atoms with Crippen LogP contribution in [-0.4, -0.2) is 39.9 Å².